The van der Waals surface area contributed by atoms with Gasteiger partial charge in [0.2, 0.25) is 10.0 Å². The van der Waals surface area contributed by atoms with Gasteiger partial charge >= 0.3 is 0 Å². The summed E-state index contributed by atoms with van der Waals surface area (Å²) in [4.78, 5) is 12.3. The fourth-order valence-electron chi connectivity index (χ4n) is 2.42. The van der Waals surface area contributed by atoms with E-state index in [2.05, 4.69) is 26.1 Å². The number of nitrogens with one attached hydrogen (secondary N) is 1. The zero-order valence-electron chi connectivity index (χ0n) is 16.0. The summed E-state index contributed by atoms with van der Waals surface area (Å²) < 4.78 is 28.2. The second-order valence-corrected chi connectivity index (χ2v) is 9.00. The van der Waals surface area contributed by atoms with Crippen LogP contribution in [0.5, 0.6) is 5.75 Å². The average molecular weight is 391 g/mol. The van der Waals surface area contributed by atoms with E-state index < -0.39 is 16.1 Å². The highest BCUT2D eigenvalue weighted by atomic mass is 32.2. The Hall–Kier alpha value is -2.38. The first-order valence-corrected chi connectivity index (χ1v) is 10.2. The van der Waals surface area contributed by atoms with Gasteiger partial charge in [0.15, 0.2) is 6.10 Å². The van der Waals surface area contributed by atoms with E-state index >= 15 is 0 Å². The van der Waals surface area contributed by atoms with Crippen LogP contribution >= 0.6 is 0 Å². The minimum atomic E-state index is -3.72. The van der Waals surface area contributed by atoms with Crippen molar-refractivity contribution in [3.8, 4) is 5.75 Å². The quantitative estimate of drug-likeness (QED) is 0.792. The molecule has 0 fully saturated rings. The topological polar surface area (TPSA) is 98.5 Å². The van der Waals surface area contributed by atoms with Gasteiger partial charge < -0.3 is 10.1 Å². The van der Waals surface area contributed by atoms with E-state index in [4.69, 9.17) is 9.88 Å². The van der Waals surface area contributed by atoms with Gasteiger partial charge in [-0.05, 0) is 47.7 Å². The van der Waals surface area contributed by atoms with Gasteiger partial charge in [-0.3, -0.25) is 4.79 Å². The lowest BCUT2D eigenvalue weighted by molar-refractivity contribution is -0.127. The van der Waals surface area contributed by atoms with Crippen LogP contribution in [0.3, 0.4) is 0 Å². The smallest absolute Gasteiger partial charge is 0.261 e. The number of carbonyl (C=O) groups excluding carboxylic acids is 1. The number of primary sulfonamides is 1. The maximum Gasteiger partial charge on any atom is 0.261 e. The van der Waals surface area contributed by atoms with Gasteiger partial charge in [0, 0.05) is 6.54 Å². The van der Waals surface area contributed by atoms with Gasteiger partial charge in [-0.25, -0.2) is 13.6 Å². The summed E-state index contributed by atoms with van der Waals surface area (Å²) in [5.74, 6) is 0.369. The summed E-state index contributed by atoms with van der Waals surface area (Å²) in [5, 5.41) is 7.83. The lowest BCUT2D eigenvalue weighted by atomic mass is 9.87. The van der Waals surface area contributed by atoms with Crippen LogP contribution in [0.4, 0.5) is 0 Å². The zero-order chi connectivity index (χ0) is 20.2. The van der Waals surface area contributed by atoms with Crippen molar-refractivity contribution >= 4 is 15.9 Å². The van der Waals surface area contributed by atoms with Crippen LogP contribution < -0.4 is 15.2 Å². The molecule has 0 heterocycles. The number of hydrogen-bond acceptors (Lipinski definition) is 4. The summed E-state index contributed by atoms with van der Waals surface area (Å²) in [7, 11) is -3.72. The number of rotatable bonds is 6. The predicted octanol–water partition coefficient (Wildman–Crippen LogP) is 2.72. The molecule has 2 aromatic rings. The van der Waals surface area contributed by atoms with Crippen LogP contribution in [0, 0.1) is 0 Å². The molecule has 146 valence electrons. The molecule has 0 saturated carbocycles. The number of ether oxygens (including phenoxy) is 1. The Morgan fingerprint density at radius 2 is 1.63 bits per heavy atom. The predicted molar refractivity (Wildman–Crippen MR) is 105 cm³/mol. The van der Waals surface area contributed by atoms with Crippen molar-refractivity contribution in [2.24, 2.45) is 5.14 Å². The Bertz CT molecular complexity index is 883. The Morgan fingerprint density at radius 1 is 1.07 bits per heavy atom. The first-order chi connectivity index (χ1) is 12.5. The third-order valence-electron chi connectivity index (χ3n) is 4.12. The van der Waals surface area contributed by atoms with E-state index in [9.17, 15) is 13.2 Å². The highest BCUT2D eigenvalue weighted by Crippen LogP contribution is 2.24. The van der Waals surface area contributed by atoms with Gasteiger partial charge in [0.1, 0.15) is 5.75 Å². The Kier molecular flexibility index (Phi) is 6.28. The molecule has 0 bridgehead atoms. The lowest BCUT2D eigenvalue weighted by Gasteiger charge is -2.20. The standard InChI is InChI=1S/C20H26N2O4S/c1-14(26-17-9-7-16(8-10-17)20(2,3)4)19(23)22-13-15-5-11-18(12-6-15)27(21,24)25/h5-12,14H,13H2,1-4H3,(H,22,23)(H2,21,24,25)/t14-/m1/s1. The lowest BCUT2D eigenvalue weighted by Crippen LogP contribution is -2.35. The van der Waals surface area contributed by atoms with Crippen molar-refractivity contribution < 1.29 is 17.9 Å². The van der Waals surface area contributed by atoms with Gasteiger partial charge in [0.25, 0.3) is 5.91 Å². The molecule has 0 aliphatic rings. The second-order valence-electron chi connectivity index (χ2n) is 7.44. The molecule has 0 spiro atoms. The van der Waals surface area contributed by atoms with Crippen LogP contribution in [0.1, 0.15) is 38.8 Å². The maximum atomic E-state index is 12.2. The van der Waals surface area contributed by atoms with Crippen molar-refractivity contribution in [2.45, 2.75) is 50.7 Å². The third-order valence-corrected chi connectivity index (χ3v) is 5.05. The first kappa shape index (κ1) is 20.9. The number of benzene rings is 2. The second kappa shape index (κ2) is 8.10. The summed E-state index contributed by atoms with van der Waals surface area (Å²) in [6, 6.07) is 13.7. The zero-order valence-corrected chi connectivity index (χ0v) is 16.8. The summed E-state index contributed by atoms with van der Waals surface area (Å²) in [6.07, 6.45) is -0.658. The molecule has 0 aliphatic heterocycles. The van der Waals surface area contributed by atoms with Crippen LogP contribution in [-0.4, -0.2) is 20.4 Å². The Balaban J connectivity index is 1.90. The van der Waals surface area contributed by atoms with E-state index in [-0.39, 0.29) is 22.8 Å². The van der Waals surface area contributed by atoms with Crippen molar-refractivity contribution in [3.05, 3.63) is 59.7 Å². The van der Waals surface area contributed by atoms with E-state index in [0.29, 0.717) is 5.75 Å². The molecule has 0 aromatic heterocycles. The van der Waals surface area contributed by atoms with E-state index in [1.54, 1.807) is 19.1 Å². The third kappa shape index (κ3) is 6.08. The first-order valence-electron chi connectivity index (χ1n) is 8.63. The van der Waals surface area contributed by atoms with Gasteiger partial charge in [-0.1, -0.05) is 45.0 Å². The molecule has 27 heavy (non-hydrogen) atoms. The monoisotopic (exact) mass is 390 g/mol. The molecule has 2 aromatic carbocycles. The van der Waals surface area contributed by atoms with E-state index in [1.165, 1.54) is 17.7 Å². The van der Waals surface area contributed by atoms with Crippen LogP contribution in [0.25, 0.3) is 0 Å². The normalized spacial score (nSPS) is 13.1. The van der Waals surface area contributed by atoms with Crippen molar-refractivity contribution in [1.29, 1.82) is 0 Å². The maximum absolute atomic E-state index is 12.2. The fourth-order valence-corrected chi connectivity index (χ4v) is 2.94. The number of hydrogen-bond donors (Lipinski definition) is 2. The SMILES string of the molecule is C[C@@H](Oc1ccc(C(C)(C)C)cc1)C(=O)NCc1ccc(S(N)(=O)=O)cc1. The summed E-state index contributed by atoms with van der Waals surface area (Å²) in [5.41, 5.74) is 2.01. The van der Waals surface area contributed by atoms with Crippen LogP contribution in [0.2, 0.25) is 0 Å². The summed E-state index contributed by atoms with van der Waals surface area (Å²) in [6.45, 7) is 8.34. The molecule has 0 unspecified atom stereocenters. The van der Waals surface area contributed by atoms with E-state index in [1.807, 2.05) is 24.3 Å². The van der Waals surface area contributed by atoms with Gasteiger partial charge in [-0.2, -0.15) is 0 Å². The fraction of sp³-hybridized carbons (Fsp3) is 0.350. The number of nitrogens with two attached hydrogens (primary N) is 1. The van der Waals surface area contributed by atoms with Crippen LogP contribution in [0.15, 0.2) is 53.4 Å². The average Bonchev–Trinajstić information content (AvgIpc) is 2.59. The minimum Gasteiger partial charge on any atom is -0.481 e. The number of sulfonamides is 1. The van der Waals surface area contributed by atoms with Gasteiger partial charge in [-0.15, -0.1) is 0 Å². The molecule has 1 atom stereocenters. The molecule has 1 amide bonds. The Morgan fingerprint density at radius 3 is 2.11 bits per heavy atom. The number of carbonyl (C=O) groups is 1. The molecule has 0 saturated heterocycles. The molecule has 0 radical (unpaired) electrons. The molecule has 0 aliphatic carbocycles. The van der Waals surface area contributed by atoms with Crippen molar-refractivity contribution in [2.75, 3.05) is 0 Å². The van der Waals surface area contributed by atoms with Gasteiger partial charge in [0.05, 0.1) is 4.90 Å². The number of amides is 1. The van der Waals surface area contributed by atoms with E-state index in [0.717, 1.165) is 5.56 Å². The van der Waals surface area contributed by atoms with Crippen molar-refractivity contribution in [1.82, 2.24) is 5.32 Å². The molecule has 6 nitrogen and oxygen atoms in total. The molecule has 3 N–H and O–H groups in total. The molecular weight excluding hydrogens is 364 g/mol. The highest BCUT2D eigenvalue weighted by Gasteiger charge is 2.16. The highest BCUT2D eigenvalue weighted by molar-refractivity contribution is 7.89. The largest absolute Gasteiger partial charge is 0.481 e. The molecular formula is C20H26N2O4S. The van der Waals surface area contributed by atoms with Crippen molar-refractivity contribution in [3.63, 3.8) is 0 Å². The minimum absolute atomic E-state index is 0.0352. The Labute approximate surface area is 160 Å². The molecule has 7 heteroatoms. The van der Waals surface area contributed by atoms with Crippen LogP contribution in [-0.2, 0) is 26.8 Å². The molecule has 2 rings (SSSR count). The summed E-state index contributed by atoms with van der Waals surface area (Å²) >= 11 is 0.